The minimum absolute atomic E-state index is 0.184. The topological polar surface area (TPSA) is 66.8 Å². The zero-order valence-electron chi connectivity index (χ0n) is 12.5. The number of hydrogen-bond donors (Lipinski definition) is 1. The van der Waals surface area contributed by atoms with E-state index in [2.05, 4.69) is 0 Å². The summed E-state index contributed by atoms with van der Waals surface area (Å²) in [6.07, 6.45) is 0. The van der Waals surface area contributed by atoms with Crippen molar-refractivity contribution >= 4 is 23.4 Å². The third-order valence-electron chi connectivity index (χ3n) is 4.03. The van der Waals surface area contributed by atoms with Crippen LogP contribution in [-0.4, -0.2) is 36.0 Å². The third-order valence-corrected chi connectivity index (χ3v) is 4.26. The molecule has 0 aliphatic carbocycles. The lowest BCUT2D eigenvalue weighted by Crippen LogP contribution is -2.53. The summed E-state index contributed by atoms with van der Waals surface area (Å²) >= 11 is 6.00. The van der Waals surface area contributed by atoms with Crippen molar-refractivity contribution in [2.45, 2.75) is 5.60 Å². The van der Waals surface area contributed by atoms with Crippen LogP contribution >= 0.6 is 11.6 Å². The van der Waals surface area contributed by atoms with Gasteiger partial charge in [-0.3, -0.25) is 14.5 Å². The lowest BCUT2D eigenvalue weighted by Gasteiger charge is -2.37. The molecule has 0 saturated heterocycles. The molecule has 1 atom stereocenters. The number of amides is 2. The minimum Gasteiger partial charge on any atom is -0.497 e. The Labute approximate surface area is 138 Å². The highest BCUT2D eigenvalue weighted by atomic mass is 35.5. The van der Waals surface area contributed by atoms with E-state index >= 15 is 0 Å². The maximum Gasteiger partial charge on any atom is 0.270 e. The molecule has 118 valence electrons. The van der Waals surface area contributed by atoms with Gasteiger partial charge in [0.1, 0.15) is 5.75 Å². The minimum atomic E-state index is -1.98. The van der Waals surface area contributed by atoms with Gasteiger partial charge >= 0.3 is 0 Å². The van der Waals surface area contributed by atoms with Crippen molar-refractivity contribution in [2.75, 3.05) is 14.2 Å². The number of imide groups is 1. The number of carbonyl (C=O) groups excluding carboxylic acids is 2. The first-order valence-corrected chi connectivity index (χ1v) is 7.27. The summed E-state index contributed by atoms with van der Waals surface area (Å²) in [5.74, 6) is -0.598. The van der Waals surface area contributed by atoms with Crippen LogP contribution in [0.5, 0.6) is 5.75 Å². The average Bonchev–Trinajstić information content (AvgIpc) is 2.58. The van der Waals surface area contributed by atoms with Crippen molar-refractivity contribution in [3.8, 4) is 5.75 Å². The van der Waals surface area contributed by atoms with Gasteiger partial charge in [-0.2, -0.15) is 0 Å². The fraction of sp³-hybridized carbons (Fsp3) is 0.176. The maximum atomic E-state index is 12.7. The zero-order valence-corrected chi connectivity index (χ0v) is 13.3. The number of benzene rings is 2. The van der Waals surface area contributed by atoms with Gasteiger partial charge < -0.3 is 9.84 Å². The molecule has 0 fully saturated rings. The number of hydrogen-bond acceptors (Lipinski definition) is 4. The number of methoxy groups -OCH3 is 1. The first-order valence-electron chi connectivity index (χ1n) is 6.89. The Bertz CT molecular complexity index is 803. The van der Waals surface area contributed by atoms with E-state index in [1.54, 1.807) is 30.3 Å². The highest BCUT2D eigenvalue weighted by molar-refractivity contribution is 6.31. The first-order chi connectivity index (χ1) is 10.9. The SMILES string of the molecule is COc1ccc(C2(O)C(=O)N(C)C(=O)c3ccc(Cl)cc32)cc1. The van der Waals surface area contributed by atoms with Crippen molar-refractivity contribution in [3.63, 3.8) is 0 Å². The molecule has 0 radical (unpaired) electrons. The molecule has 2 amide bonds. The number of likely N-dealkylation sites (N-methyl/N-ethyl adjacent to an activating group) is 1. The van der Waals surface area contributed by atoms with Crippen LogP contribution in [-0.2, 0) is 10.4 Å². The Morgan fingerprint density at radius 1 is 1.13 bits per heavy atom. The second kappa shape index (κ2) is 5.37. The van der Waals surface area contributed by atoms with Crippen LogP contribution in [0.25, 0.3) is 0 Å². The van der Waals surface area contributed by atoms with E-state index in [-0.39, 0.29) is 11.1 Å². The van der Waals surface area contributed by atoms with E-state index in [9.17, 15) is 14.7 Å². The Morgan fingerprint density at radius 2 is 1.78 bits per heavy atom. The summed E-state index contributed by atoms with van der Waals surface area (Å²) in [5.41, 5.74) is -1.21. The van der Waals surface area contributed by atoms with E-state index < -0.39 is 17.4 Å². The number of aliphatic hydroxyl groups is 1. The van der Waals surface area contributed by atoms with Crippen molar-refractivity contribution in [1.82, 2.24) is 4.90 Å². The molecule has 0 bridgehead atoms. The fourth-order valence-corrected chi connectivity index (χ4v) is 2.92. The molecule has 1 aliphatic rings. The molecule has 6 heteroatoms. The summed E-state index contributed by atoms with van der Waals surface area (Å²) in [7, 11) is 2.87. The molecule has 23 heavy (non-hydrogen) atoms. The molecule has 2 aromatic carbocycles. The normalized spacial score (nSPS) is 20.4. The summed E-state index contributed by atoms with van der Waals surface area (Å²) < 4.78 is 5.09. The van der Waals surface area contributed by atoms with Crippen LogP contribution in [0.3, 0.4) is 0 Å². The standard InChI is InChI=1S/C17H14ClNO4/c1-19-15(20)13-8-5-11(18)9-14(13)17(22,16(19)21)10-3-6-12(23-2)7-4-10/h3-9,22H,1-2H3. The second-order valence-electron chi connectivity index (χ2n) is 5.30. The molecule has 0 spiro atoms. The van der Waals surface area contributed by atoms with E-state index in [0.717, 1.165) is 4.90 Å². The van der Waals surface area contributed by atoms with E-state index in [1.165, 1.54) is 26.3 Å². The maximum absolute atomic E-state index is 12.7. The lowest BCUT2D eigenvalue weighted by molar-refractivity contribution is -0.145. The van der Waals surface area contributed by atoms with Gasteiger partial charge in [0.25, 0.3) is 11.8 Å². The van der Waals surface area contributed by atoms with Crippen LogP contribution in [0, 0.1) is 0 Å². The van der Waals surface area contributed by atoms with Crippen LogP contribution in [0.2, 0.25) is 5.02 Å². The molecule has 1 aliphatic heterocycles. The van der Waals surface area contributed by atoms with E-state index in [4.69, 9.17) is 16.3 Å². The Hall–Kier alpha value is -2.37. The quantitative estimate of drug-likeness (QED) is 0.857. The lowest BCUT2D eigenvalue weighted by atomic mass is 9.79. The summed E-state index contributed by atoms with van der Waals surface area (Å²) in [6, 6.07) is 11.0. The van der Waals surface area contributed by atoms with Gasteiger partial charge in [-0.25, -0.2) is 0 Å². The number of halogens is 1. The molecule has 5 nitrogen and oxygen atoms in total. The molecule has 3 rings (SSSR count). The molecule has 0 aromatic heterocycles. The average molecular weight is 332 g/mol. The molecular weight excluding hydrogens is 318 g/mol. The van der Waals surface area contributed by atoms with Gasteiger partial charge in [0.15, 0.2) is 5.60 Å². The van der Waals surface area contributed by atoms with Crippen LogP contribution in [0.4, 0.5) is 0 Å². The summed E-state index contributed by atoms with van der Waals surface area (Å²) in [4.78, 5) is 25.9. The van der Waals surface area contributed by atoms with Gasteiger partial charge in [-0.1, -0.05) is 23.7 Å². The molecule has 0 saturated carbocycles. The smallest absolute Gasteiger partial charge is 0.270 e. The van der Waals surface area contributed by atoms with Gasteiger partial charge in [-0.15, -0.1) is 0 Å². The third kappa shape index (κ3) is 2.20. The van der Waals surface area contributed by atoms with Crippen molar-refractivity contribution < 1.29 is 19.4 Å². The zero-order chi connectivity index (χ0) is 16.8. The Morgan fingerprint density at radius 3 is 2.39 bits per heavy atom. The number of rotatable bonds is 2. The number of fused-ring (bicyclic) bond motifs is 1. The molecule has 1 heterocycles. The van der Waals surface area contributed by atoms with E-state index in [1.807, 2.05) is 0 Å². The molecule has 2 aromatic rings. The molecule has 1 unspecified atom stereocenters. The molecular formula is C17H14ClNO4. The van der Waals surface area contributed by atoms with Crippen molar-refractivity contribution in [2.24, 2.45) is 0 Å². The fourth-order valence-electron chi connectivity index (χ4n) is 2.74. The van der Waals surface area contributed by atoms with Gasteiger partial charge in [-0.05, 0) is 35.9 Å². The Balaban J connectivity index is 2.27. The highest BCUT2D eigenvalue weighted by Gasteiger charge is 2.49. The van der Waals surface area contributed by atoms with Crippen molar-refractivity contribution in [1.29, 1.82) is 0 Å². The number of ether oxygens (including phenoxy) is 1. The first kappa shape index (κ1) is 15.5. The van der Waals surface area contributed by atoms with Gasteiger partial charge in [0.2, 0.25) is 0 Å². The summed E-state index contributed by atoms with van der Waals surface area (Å²) in [5, 5.41) is 11.5. The van der Waals surface area contributed by atoms with E-state index in [0.29, 0.717) is 16.3 Å². The predicted molar refractivity (Wildman–Crippen MR) is 84.5 cm³/mol. The second-order valence-corrected chi connectivity index (χ2v) is 5.73. The predicted octanol–water partition coefficient (Wildman–Crippen LogP) is 2.20. The van der Waals surface area contributed by atoms with Crippen LogP contribution in [0.15, 0.2) is 42.5 Å². The number of nitrogens with zero attached hydrogens (tertiary/aromatic N) is 1. The highest BCUT2D eigenvalue weighted by Crippen LogP contribution is 2.39. The molecule has 1 N–H and O–H groups in total. The van der Waals surface area contributed by atoms with Gasteiger partial charge in [0.05, 0.1) is 7.11 Å². The largest absolute Gasteiger partial charge is 0.497 e. The van der Waals surface area contributed by atoms with Crippen LogP contribution in [0.1, 0.15) is 21.5 Å². The van der Waals surface area contributed by atoms with Crippen LogP contribution < -0.4 is 4.74 Å². The number of carbonyl (C=O) groups is 2. The summed E-state index contributed by atoms with van der Waals surface area (Å²) in [6.45, 7) is 0. The Kier molecular flexibility index (Phi) is 3.62. The van der Waals surface area contributed by atoms with Crippen molar-refractivity contribution in [3.05, 3.63) is 64.2 Å². The monoisotopic (exact) mass is 331 g/mol. The van der Waals surface area contributed by atoms with Gasteiger partial charge in [0, 0.05) is 23.2 Å².